The minimum atomic E-state index is -2.15. The number of hydrogen-bond acceptors (Lipinski definition) is 3. The van der Waals surface area contributed by atoms with Crippen molar-refractivity contribution in [1.82, 2.24) is 4.98 Å². The van der Waals surface area contributed by atoms with Crippen LogP contribution in [0.2, 0.25) is 0 Å². The number of aryl methyl sites for hydroxylation is 1. The molecule has 0 bridgehead atoms. The van der Waals surface area contributed by atoms with Gasteiger partial charge in [-0.1, -0.05) is 0 Å². The smallest absolute Gasteiger partial charge is 0.768 e. The molecule has 1 aromatic heterocycles. The van der Waals surface area contributed by atoms with Gasteiger partial charge < -0.3 is 4.55 Å². The van der Waals surface area contributed by atoms with Crippen molar-refractivity contribution < 1.29 is 38.3 Å². The summed E-state index contributed by atoms with van der Waals surface area (Å²) in [5, 5.41) is 0. The Morgan fingerprint density at radius 1 is 1.64 bits per heavy atom. The molecular weight excluding hydrogens is 173 g/mol. The summed E-state index contributed by atoms with van der Waals surface area (Å²) in [6.07, 6.45) is 1.56. The van der Waals surface area contributed by atoms with Crippen molar-refractivity contribution >= 4 is 11.1 Å². The molecule has 0 amide bonds. The van der Waals surface area contributed by atoms with E-state index < -0.39 is 11.1 Å². The number of aromatic nitrogens is 1. The molecule has 54 valence electrons. The second kappa shape index (κ2) is 5.00. The zero-order valence-electron chi connectivity index (χ0n) is 6.40. The first kappa shape index (κ1) is 11.3. The van der Waals surface area contributed by atoms with Crippen molar-refractivity contribution in [1.29, 1.82) is 0 Å². The van der Waals surface area contributed by atoms with Crippen molar-refractivity contribution in [2.24, 2.45) is 0 Å². The third kappa shape index (κ3) is 3.01. The second-order valence-corrected chi connectivity index (χ2v) is 2.73. The Morgan fingerprint density at radius 2 is 2.27 bits per heavy atom. The molecule has 1 atom stereocenters. The molecule has 0 spiro atoms. The van der Waals surface area contributed by atoms with E-state index >= 15 is 0 Å². The Balaban J connectivity index is 0.000001000. The molecule has 0 saturated heterocycles. The Kier molecular flexibility index (Phi) is 5.12. The average Bonchev–Trinajstić information content (AvgIpc) is 1.88. The van der Waals surface area contributed by atoms with Gasteiger partial charge >= 0.3 is 29.6 Å². The molecule has 1 aromatic rings. The van der Waals surface area contributed by atoms with Crippen molar-refractivity contribution in [3.8, 4) is 0 Å². The summed E-state index contributed by atoms with van der Waals surface area (Å²) in [4.78, 5) is 4.07. The molecule has 1 rings (SSSR count). The van der Waals surface area contributed by atoms with E-state index in [1.165, 1.54) is 6.07 Å². The molecule has 0 aromatic carbocycles. The minimum Gasteiger partial charge on any atom is -0.768 e. The standard InChI is InChI=1S/C6H7NO2S.Na/c1-5-6(10(8)9)3-2-4-7-5;/h2-4H,1H3,(H,8,9);/q;+1/p-1. The van der Waals surface area contributed by atoms with E-state index in [0.717, 1.165) is 0 Å². The molecule has 0 N–H and O–H groups in total. The van der Waals surface area contributed by atoms with Crippen molar-refractivity contribution in [3.05, 3.63) is 24.0 Å². The fourth-order valence-corrected chi connectivity index (χ4v) is 1.13. The van der Waals surface area contributed by atoms with Gasteiger partial charge in [0.05, 0.1) is 5.69 Å². The quantitative estimate of drug-likeness (QED) is 0.358. The molecular formula is C6H6NNaO2S. The van der Waals surface area contributed by atoms with Gasteiger partial charge in [0.2, 0.25) is 0 Å². The SMILES string of the molecule is Cc1ncccc1S(=O)[O-].[Na+]. The van der Waals surface area contributed by atoms with Crippen LogP contribution in [0, 0.1) is 6.92 Å². The Bertz CT molecular complexity index is 267. The van der Waals surface area contributed by atoms with Crippen LogP contribution in [0.25, 0.3) is 0 Å². The van der Waals surface area contributed by atoms with E-state index in [2.05, 4.69) is 4.98 Å². The van der Waals surface area contributed by atoms with E-state index in [1.807, 2.05) is 0 Å². The Hall–Kier alpha value is 0.260. The van der Waals surface area contributed by atoms with Crippen LogP contribution < -0.4 is 29.6 Å². The number of pyridine rings is 1. The predicted octanol–water partition coefficient (Wildman–Crippen LogP) is -2.37. The Morgan fingerprint density at radius 3 is 2.64 bits per heavy atom. The van der Waals surface area contributed by atoms with Gasteiger partial charge in [0.15, 0.2) is 0 Å². The first-order chi connectivity index (χ1) is 4.72. The zero-order valence-corrected chi connectivity index (χ0v) is 9.22. The molecule has 1 unspecified atom stereocenters. The van der Waals surface area contributed by atoms with Gasteiger partial charge in [-0.15, -0.1) is 0 Å². The van der Waals surface area contributed by atoms with Crippen molar-refractivity contribution in [2.45, 2.75) is 11.8 Å². The van der Waals surface area contributed by atoms with Crippen molar-refractivity contribution in [3.63, 3.8) is 0 Å². The number of nitrogens with zero attached hydrogens (tertiary/aromatic N) is 1. The van der Waals surface area contributed by atoms with Crippen molar-refractivity contribution in [2.75, 3.05) is 0 Å². The van der Waals surface area contributed by atoms with Gasteiger partial charge in [-0.3, -0.25) is 9.19 Å². The van der Waals surface area contributed by atoms with Crippen LogP contribution in [0.3, 0.4) is 0 Å². The minimum absolute atomic E-state index is 0. The first-order valence-electron chi connectivity index (χ1n) is 2.72. The summed E-state index contributed by atoms with van der Waals surface area (Å²) in [5.74, 6) is 0. The fourth-order valence-electron chi connectivity index (χ4n) is 0.646. The van der Waals surface area contributed by atoms with Gasteiger partial charge in [-0.2, -0.15) is 0 Å². The third-order valence-corrected chi connectivity index (χ3v) is 1.93. The van der Waals surface area contributed by atoms with Crippen LogP contribution in [-0.4, -0.2) is 13.7 Å². The molecule has 0 aliphatic carbocycles. The van der Waals surface area contributed by atoms with E-state index in [4.69, 9.17) is 0 Å². The van der Waals surface area contributed by atoms with Crippen LogP contribution in [0.15, 0.2) is 23.2 Å². The molecule has 5 heteroatoms. The largest absolute Gasteiger partial charge is 1.00 e. The van der Waals surface area contributed by atoms with E-state index in [-0.39, 0.29) is 34.5 Å². The van der Waals surface area contributed by atoms with Crippen LogP contribution in [0.4, 0.5) is 0 Å². The maximum absolute atomic E-state index is 10.4. The Labute approximate surface area is 89.8 Å². The molecule has 0 saturated carbocycles. The van der Waals surface area contributed by atoms with Crippen LogP contribution in [0.1, 0.15) is 5.69 Å². The maximum Gasteiger partial charge on any atom is 1.00 e. The summed E-state index contributed by atoms with van der Waals surface area (Å²) in [7, 11) is 0. The monoisotopic (exact) mass is 179 g/mol. The van der Waals surface area contributed by atoms with Gasteiger partial charge in [-0.25, -0.2) is 0 Å². The van der Waals surface area contributed by atoms with E-state index in [9.17, 15) is 8.76 Å². The van der Waals surface area contributed by atoms with E-state index in [0.29, 0.717) is 5.69 Å². The first-order valence-corrected chi connectivity index (χ1v) is 3.80. The fraction of sp³-hybridized carbons (Fsp3) is 0.167. The molecule has 0 fully saturated rings. The molecule has 0 aliphatic rings. The molecule has 0 aliphatic heterocycles. The average molecular weight is 179 g/mol. The molecule has 3 nitrogen and oxygen atoms in total. The van der Waals surface area contributed by atoms with E-state index in [1.54, 1.807) is 19.2 Å². The van der Waals surface area contributed by atoms with Gasteiger partial charge in [-0.05, 0) is 30.1 Å². The van der Waals surface area contributed by atoms with Gasteiger partial charge in [0.25, 0.3) is 0 Å². The van der Waals surface area contributed by atoms with Crippen LogP contribution >= 0.6 is 0 Å². The third-order valence-electron chi connectivity index (χ3n) is 1.14. The summed E-state index contributed by atoms with van der Waals surface area (Å²) in [6.45, 7) is 1.66. The van der Waals surface area contributed by atoms with Gasteiger partial charge in [0, 0.05) is 11.1 Å². The summed E-state index contributed by atoms with van der Waals surface area (Å²) < 4.78 is 20.8. The zero-order chi connectivity index (χ0) is 7.56. The van der Waals surface area contributed by atoms with Gasteiger partial charge in [0.1, 0.15) is 0 Å². The molecule has 11 heavy (non-hydrogen) atoms. The summed E-state index contributed by atoms with van der Waals surface area (Å²) in [5.41, 5.74) is 0.538. The summed E-state index contributed by atoms with van der Waals surface area (Å²) >= 11 is -2.15. The predicted molar refractivity (Wildman–Crippen MR) is 36.2 cm³/mol. The maximum atomic E-state index is 10.4. The second-order valence-electron chi connectivity index (χ2n) is 1.82. The van der Waals surface area contributed by atoms with Crippen LogP contribution in [0.5, 0.6) is 0 Å². The summed E-state index contributed by atoms with van der Waals surface area (Å²) in [6, 6.07) is 3.11. The molecule has 0 radical (unpaired) electrons. The normalized spacial score (nSPS) is 11.8. The van der Waals surface area contributed by atoms with Crippen LogP contribution in [-0.2, 0) is 11.1 Å². The number of rotatable bonds is 1. The topological polar surface area (TPSA) is 53.0 Å². The molecule has 1 heterocycles. The number of hydrogen-bond donors (Lipinski definition) is 0.